The minimum Gasteiger partial charge on any atom is -0.478 e. The van der Waals surface area contributed by atoms with E-state index in [1.54, 1.807) is 18.5 Å². The topological polar surface area (TPSA) is 75.3 Å². The summed E-state index contributed by atoms with van der Waals surface area (Å²) in [6.07, 6.45) is 5.61. The van der Waals surface area contributed by atoms with E-state index in [1.807, 2.05) is 10.6 Å². The quantitative estimate of drug-likeness (QED) is 0.586. The molecule has 100 valence electrons. The van der Waals surface area contributed by atoms with E-state index in [-0.39, 0.29) is 13.0 Å². The number of carboxylic acids is 1. The normalized spacial score (nSPS) is 10.8. The fourth-order valence-corrected chi connectivity index (χ4v) is 2.19. The first kappa shape index (κ1) is 13.6. The number of aromatic nitrogens is 2. The lowest BCUT2D eigenvalue weighted by molar-refractivity contribution is 0.0699. The second kappa shape index (κ2) is 6.38. The van der Waals surface area contributed by atoms with Crippen molar-refractivity contribution >= 4 is 24.5 Å². The molecule has 0 bridgehead atoms. The molecule has 0 unspecified atom stereocenters. The van der Waals surface area contributed by atoms with Crippen LogP contribution >= 0.6 is 0 Å². The van der Waals surface area contributed by atoms with Crippen molar-refractivity contribution in [2.24, 2.45) is 0 Å². The Morgan fingerprint density at radius 2 is 2.16 bits per heavy atom. The number of hydrogen-bond donors (Lipinski definition) is 2. The molecule has 0 aliphatic rings. The van der Waals surface area contributed by atoms with Crippen LogP contribution in [0.25, 0.3) is 11.0 Å². The third-order valence-corrected chi connectivity index (χ3v) is 3.19. The zero-order valence-corrected chi connectivity index (χ0v) is 10.7. The van der Waals surface area contributed by atoms with Crippen molar-refractivity contribution in [2.75, 3.05) is 0 Å². The number of nitrogens with zero attached hydrogens (tertiary/aromatic N) is 2. The maximum atomic E-state index is 11.1. The first-order valence-corrected chi connectivity index (χ1v) is 6.52. The Morgan fingerprint density at radius 1 is 1.32 bits per heavy atom. The highest BCUT2D eigenvalue weighted by atomic mass is 16.4. The van der Waals surface area contributed by atoms with Crippen molar-refractivity contribution in [3.8, 4) is 0 Å². The molecule has 0 saturated carbocycles. The molecular formula is C13H17BN2O3. The standard InChI is InChI=1S/C13H17BN2O3/c17-13(18)10-5-4-6-11-12(10)15-9-16(11)8-3-1-2-7-14-19/h4-6,9,14,19H,1-3,7-8H2,(H,17,18). The minimum atomic E-state index is -0.946. The molecule has 0 radical (unpaired) electrons. The summed E-state index contributed by atoms with van der Waals surface area (Å²) in [5.41, 5.74) is 1.66. The van der Waals surface area contributed by atoms with Gasteiger partial charge in [0, 0.05) is 6.54 Å². The van der Waals surface area contributed by atoms with Gasteiger partial charge in [0.1, 0.15) is 5.52 Å². The van der Waals surface area contributed by atoms with E-state index in [1.165, 1.54) is 0 Å². The lowest BCUT2D eigenvalue weighted by Crippen LogP contribution is -1.99. The molecule has 1 aromatic carbocycles. The van der Waals surface area contributed by atoms with Crippen molar-refractivity contribution in [3.05, 3.63) is 30.1 Å². The van der Waals surface area contributed by atoms with Gasteiger partial charge in [0.25, 0.3) is 7.48 Å². The van der Waals surface area contributed by atoms with E-state index in [0.717, 1.165) is 37.6 Å². The van der Waals surface area contributed by atoms with Gasteiger partial charge in [-0.25, -0.2) is 9.78 Å². The number of imidazole rings is 1. The summed E-state index contributed by atoms with van der Waals surface area (Å²) in [5.74, 6) is -0.946. The molecule has 2 rings (SSSR count). The van der Waals surface area contributed by atoms with Crippen molar-refractivity contribution in [3.63, 3.8) is 0 Å². The highest BCUT2D eigenvalue weighted by Gasteiger charge is 2.11. The predicted molar refractivity (Wildman–Crippen MR) is 74.7 cm³/mol. The lowest BCUT2D eigenvalue weighted by Gasteiger charge is -2.04. The highest BCUT2D eigenvalue weighted by Crippen LogP contribution is 2.18. The number of fused-ring (bicyclic) bond motifs is 1. The van der Waals surface area contributed by atoms with Crippen molar-refractivity contribution in [1.29, 1.82) is 0 Å². The molecule has 0 atom stereocenters. The number of para-hydroxylation sites is 1. The Bertz CT molecular complexity index is 568. The number of unbranched alkanes of at least 4 members (excludes halogenated alkanes) is 2. The number of aryl methyl sites for hydroxylation is 1. The van der Waals surface area contributed by atoms with E-state index in [9.17, 15) is 4.79 Å². The highest BCUT2D eigenvalue weighted by molar-refractivity contribution is 6.25. The molecule has 0 fully saturated rings. The van der Waals surface area contributed by atoms with Gasteiger partial charge in [-0.2, -0.15) is 0 Å². The molecule has 2 N–H and O–H groups in total. The average Bonchev–Trinajstić information content (AvgIpc) is 2.81. The maximum absolute atomic E-state index is 11.1. The molecule has 1 heterocycles. The maximum Gasteiger partial charge on any atom is 0.337 e. The zero-order valence-electron chi connectivity index (χ0n) is 10.7. The van der Waals surface area contributed by atoms with Crippen molar-refractivity contribution in [2.45, 2.75) is 32.1 Å². The number of carbonyl (C=O) groups is 1. The number of benzene rings is 1. The molecule has 0 amide bonds. The van der Waals surface area contributed by atoms with Gasteiger partial charge >= 0.3 is 5.97 Å². The van der Waals surface area contributed by atoms with Gasteiger partial charge in [-0.15, -0.1) is 0 Å². The molecule has 1 aromatic heterocycles. The number of rotatable bonds is 7. The molecule has 19 heavy (non-hydrogen) atoms. The van der Waals surface area contributed by atoms with Crippen LogP contribution in [0.4, 0.5) is 0 Å². The van der Waals surface area contributed by atoms with Gasteiger partial charge in [-0.05, 0) is 18.6 Å². The van der Waals surface area contributed by atoms with Crippen LogP contribution in [0.1, 0.15) is 29.6 Å². The smallest absolute Gasteiger partial charge is 0.337 e. The minimum absolute atomic E-state index is 0.246. The largest absolute Gasteiger partial charge is 0.478 e. The van der Waals surface area contributed by atoms with E-state index >= 15 is 0 Å². The zero-order chi connectivity index (χ0) is 13.7. The number of hydrogen-bond acceptors (Lipinski definition) is 3. The van der Waals surface area contributed by atoms with Gasteiger partial charge in [-0.3, -0.25) is 0 Å². The van der Waals surface area contributed by atoms with Crippen LogP contribution in [-0.4, -0.2) is 33.1 Å². The van der Waals surface area contributed by atoms with Crippen molar-refractivity contribution < 1.29 is 14.9 Å². The van der Waals surface area contributed by atoms with Crippen LogP contribution in [0.2, 0.25) is 6.32 Å². The van der Waals surface area contributed by atoms with Crippen LogP contribution in [0.5, 0.6) is 0 Å². The SMILES string of the molecule is O=C(O)c1cccc2c1ncn2CCCCCBO. The van der Waals surface area contributed by atoms with Gasteiger partial charge in [0.15, 0.2) is 0 Å². The van der Waals surface area contributed by atoms with E-state index in [0.29, 0.717) is 5.52 Å². The Morgan fingerprint density at radius 3 is 2.89 bits per heavy atom. The third-order valence-electron chi connectivity index (χ3n) is 3.19. The molecule has 0 aliphatic carbocycles. The lowest BCUT2D eigenvalue weighted by atomic mass is 9.92. The predicted octanol–water partition coefficient (Wildman–Crippen LogP) is 1.67. The van der Waals surface area contributed by atoms with Crippen LogP contribution < -0.4 is 0 Å². The number of aromatic carboxylic acids is 1. The molecule has 0 saturated heterocycles. The molecule has 2 aromatic rings. The fourth-order valence-electron chi connectivity index (χ4n) is 2.19. The van der Waals surface area contributed by atoms with E-state index in [4.69, 9.17) is 10.1 Å². The van der Waals surface area contributed by atoms with Crippen LogP contribution in [0.3, 0.4) is 0 Å². The van der Waals surface area contributed by atoms with Gasteiger partial charge in [-0.1, -0.05) is 25.2 Å². The number of carboxylic acid groups (broad SMARTS) is 1. The second-order valence-corrected chi connectivity index (χ2v) is 4.55. The molecular weight excluding hydrogens is 243 g/mol. The summed E-state index contributed by atoms with van der Waals surface area (Å²) in [6, 6.07) is 5.21. The monoisotopic (exact) mass is 260 g/mol. The summed E-state index contributed by atoms with van der Waals surface area (Å²) in [7, 11) is 0.246. The average molecular weight is 260 g/mol. The van der Waals surface area contributed by atoms with Gasteiger partial charge in [0.05, 0.1) is 17.4 Å². The summed E-state index contributed by atoms with van der Waals surface area (Å²) in [6.45, 7) is 0.824. The molecule has 6 heteroatoms. The Labute approximate surface area is 112 Å². The summed E-state index contributed by atoms with van der Waals surface area (Å²) in [4.78, 5) is 15.3. The van der Waals surface area contributed by atoms with Gasteiger partial charge in [0.2, 0.25) is 0 Å². The van der Waals surface area contributed by atoms with Gasteiger partial charge < -0.3 is 14.7 Å². The molecule has 0 aliphatic heterocycles. The summed E-state index contributed by atoms with van der Waals surface area (Å²) in [5, 5.41) is 17.8. The Balaban J connectivity index is 2.08. The first-order valence-electron chi connectivity index (χ1n) is 6.52. The van der Waals surface area contributed by atoms with Crippen LogP contribution in [-0.2, 0) is 6.54 Å². The fraction of sp³-hybridized carbons (Fsp3) is 0.385. The summed E-state index contributed by atoms with van der Waals surface area (Å²) < 4.78 is 1.99. The third kappa shape index (κ3) is 3.14. The van der Waals surface area contributed by atoms with Crippen molar-refractivity contribution in [1.82, 2.24) is 9.55 Å². The summed E-state index contributed by atoms with van der Waals surface area (Å²) >= 11 is 0. The van der Waals surface area contributed by atoms with Crippen LogP contribution in [0.15, 0.2) is 24.5 Å². The molecule has 5 nitrogen and oxygen atoms in total. The molecule has 0 spiro atoms. The second-order valence-electron chi connectivity index (χ2n) is 4.55. The van der Waals surface area contributed by atoms with E-state index in [2.05, 4.69) is 4.98 Å². The Kier molecular flexibility index (Phi) is 4.57. The van der Waals surface area contributed by atoms with E-state index < -0.39 is 5.97 Å². The first-order chi connectivity index (χ1) is 9.24. The van der Waals surface area contributed by atoms with Crippen LogP contribution in [0, 0.1) is 0 Å². The Hall–Kier alpha value is -1.82.